The lowest BCUT2D eigenvalue weighted by Crippen LogP contribution is -1.95. The molecule has 0 saturated heterocycles. The van der Waals surface area contributed by atoms with Crippen molar-refractivity contribution in [2.24, 2.45) is 0 Å². The predicted molar refractivity (Wildman–Crippen MR) is 86.4 cm³/mol. The molecule has 1 aromatic heterocycles. The number of aromatic nitrogens is 2. The summed E-state index contributed by atoms with van der Waals surface area (Å²) in [6, 6.07) is 9.72. The van der Waals surface area contributed by atoms with Gasteiger partial charge in [-0.05, 0) is 37.6 Å². The SMILES string of the molecule is CCn1cc(C(=O)/C=C/C(Cl)=C/c2ccccc2)c(C)n1. The zero-order valence-corrected chi connectivity index (χ0v) is 12.8. The molecule has 108 valence electrons. The van der Waals surface area contributed by atoms with Crippen LogP contribution in [0.5, 0.6) is 0 Å². The number of ketones is 1. The van der Waals surface area contributed by atoms with Crippen molar-refractivity contribution in [3.8, 4) is 0 Å². The molecule has 0 radical (unpaired) electrons. The van der Waals surface area contributed by atoms with Gasteiger partial charge in [0.25, 0.3) is 0 Å². The Labute approximate surface area is 129 Å². The van der Waals surface area contributed by atoms with Crippen LogP contribution >= 0.6 is 11.6 Å². The number of rotatable bonds is 5. The van der Waals surface area contributed by atoms with Crippen LogP contribution in [0.1, 0.15) is 28.5 Å². The molecule has 0 saturated carbocycles. The summed E-state index contributed by atoms with van der Waals surface area (Å²) in [4.78, 5) is 12.1. The Morgan fingerprint density at radius 3 is 2.62 bits per heavy atom. The maximum absolute atomic E-state index is 12.1. The summed E-state index contributed by atoms with van der Waals surface area (Å²) in [5, 5.41) is 4.77. The number of hydrogen-bond acceptors (Lipinski definition) is 2. The highest BCUT2D eigenvalue weighted by Crippen LogP contribution is 2.13. The van der Waals surface area contributed by atoms with Crippen molar-refractivity contribution in [3.63, 3.8) is 0 Å². The van der Waals surface area contributed by atoms with Crippen molar-refractivity contribution >= 4 is 23.5 Å². The first-order chi connectivity index (χ1) is 10.1. The molecule has 0 unspecified atom stereocenters. The highest BCUT2D eigenvalue weighted by molar-refractivity contribution is 6.33. The Morgan fingerprint density at radius 1 is 1.29 bits per heavy atom. The van der Waals surface area contributed by atoms with E-state index in [0.29, 0.717) is 10.6 Å². The van der Waals surface area contributed by atoms with Crippen LogP contribution in [-0.2, 0) is 6.54 Å². The van der Waals surface area contributed by atoms with Gasteiger partial charge in [0.15, 0.2) is 5.78 Å². The predicted octanol–water partition coefficient (Wildman–Crippen LogP) is 4.23. The van der Waals surface area contributed by atoms with Gasteiger partial charge in [-0.15, -0.1) is 0 Å². The van der Waals surface area contributed by atoms with Gasteiger partial charge in [0.1, 0.15) is 0 Å². The minimum absolute atomic E-state index is 0.0909. The maximum Gasteiger partial charge on any atom is 0.189 e. The van der Waals surface area contributed by atoms with Crippen molar-refractivity contribution in [1.29, 1.82) is 0 Å². The summed E-state index contributed by atoms with van der Waals surface area (Å²) in [5.41, 5.74) is 2.33. The number of nitrogens with zero attached hydrogens (tertiary/aromatic N) is 2. The van der Waals surface area contributed by atoms with Crippen LogP contribution in [-0.4, -0.2) is 15.6 Å². The summed E-state index contributed by atoms with van der Waals surface area (Å²) < 4.78 is 1.75. The number of carbonyl (C=O) groups is 1. The number of aryl methyl sites for hydroxylation is 2. The van der Waals surface area contributed by atoms with Crippen LogP contribution in [0.25, 0.3) is 6.08 Å². The van der Waals surface area contributed by atoms with E-state index in [2.05, 4.69) is 5.10 Å². The lowest BCUT2D eigenvalue weighted by atomic mass is 10.1. The van der Waals surface area contributed by atoms with Crippen molar-refractivity contribution in [2.45, 2.75) is 20.4 Å². The third-order valence-electron chi connectivity index (χ3n) is 3.03. The van der Waals surface area contributed by atoms with Gasteiger partial charge in [-0.1, -0.05) is 41.9 Å². The number of carbonyl (C=O) groups excluding carboxylic acids is 1. The van der Waals surface area contributed by atoms with Crippen LogP contribution < -0.4 is 0 Å². The molecule has 4 heteroatoms. The van der Waals surface area contributed by atoms with Gasteiger partial charge < -0.3 is 0 Å². The van der Waals surface area contributed by atoms with E-state index in [1.807, 2.05) is 50.3 Å². The average molecular weight is 301 g/mol. The molecule has 1 aromatic carbocycles. The number of benzene rings is 1. The zero-order chi connectivity index (χ0) is 15.2. The molecular weight excluding hydrogens is 284 g/mol. The maximum atomic E-state index is 12.1. The van der Waals surface area contributed by atoms with Crippen molar-refractivity contribution in [1.82, 2.24) is 9.78 Å². The van der Waals surface area contributed by atoms with E-state index in [4.69, 9.17) is 11.6 Å². The first-order valence-corrected chi connectivity index (χ1v) is 7.16. The Hall–Kier alpha value is -2.13. The van der Waals surface area contributed by atoms with Crippen molar-refractivity contribution in [2.75, 3.05) is 0 Å². The zero-order valence-electron chi connectivity index (χ0n) is 12.1. The topological polar surface area (TPSA) is 34.9 Å². The Bertz CT molecular complexity index is 684. The van der Waals surface area contributed by atoms with Crippen LogP contribution in [0, 0.1) is 6.92 Å². The molecular formula is C17H17ClN2O. The first-order valence-electron chi connectivity index (χ1n) is 6.79. The van der Waals surface area contributed by atoms with Gasteiger partial charge in [-0.3, -0.25) is 9.48 Å². The van der Waals surface area contributed by atoms with Crippen LogP contribution in [0.3, 0.4) is 0 Å². The molecule has 0 amide bonds. The van der Waals surface area contributed by atoms with Gasteiger partial charge >= 0.3 is 0 Å². The molecule has 21 heavy (non-hydrogen) atoms. The quantitative estimate of drug-likeness (QED) is 0.470. The Balaban J connectivity index is 2.11. The van der Waals surface area contributed by atoms with Crippen LogP contribution in [0.15, 0.2) is 53.7 Å². The van der Waals surface area contributed by atoms with Gasteiger partial charge in [-0.2, -0.15) is 5.10 Å². The fraction of sp³-hybridized carbons (Fsp3) is 0.176. The second-order valence-corrected chi connectivity index (χ2v) is 5.06. The minimum atomic E-state index is -0.0909. The summed E-state index contributed by atoms with van der Waals surface area (Å²) in [6.45, 7) is 4.55. The van der Waals surface area contributed by atoms with Gasteiger partial charge in [0.2, 0.25) is 0 Å². The third kappa shape index (κ3) is 4.17. The van der Waals surface area contributed by atoms with E-state index >= 15 is 0 Å². The fourth-order valence-corrected chi connectivity index (χ4v) is 2.11. The Morgan fingerprint density at radius 2 is 2.00 bits per heavy atom. The molecule has 3 nitrogen and oxygen atoms in total. The van der Waals surface area contributed by atoms with Crippen molar-refractivity contribution < 1.29 is 4.79 Å². The normalized spacial score (nSPS) is 12.0. The van der Waals surface area contributed by atoms with Gasteiger partial charge in [-0.25, -0.2) is 0 Å². The Kier molecular flexibility index (Phi) is 5.12. The molecule has 0 aliphatic heterocycles. The highest BCUT2D eigenvalue weighted by Gasteiger charge is 2.10. The largest absolute Gasteiger partial charge is 0.289 e. The van der Waals surface area contributed by atoms with E-state index < -0.39 is 0 Å². The molecule has 0 fully saturated rings. The average Bonchev–Trinajstić information content (AvgIpc) is 2.87. The standard InChI is InChI=1S/C17H17ClN2O/c1-3-20-12-16(13(2)19-20)17(21)10-9-15(18)11-14-7-5-4-6-8-14/h4-12H,3H2,1-2H3/b10-9+,15-11-. The lowest BCUT2D eigenvalue weighted by Gasteiger charge is -1.94. The van der Waals surface area contributed by atoms with Crippen LogP contribution in [0.4, 0.5) is 0 Å². The molecule has 2 aromatic rings. The smallest absolute Gasteiger partial charge is 0.189 e. The summed E-state index contributed by atoms with van der Waals surface area (Å²) in [6.07, 6.45) is 6.66. The van der Waals surface area contributed by atoms with Gasteiger partial charge in [0, 0.05) is 17.8 Å². The first kappa shape index (κ1) is 15.3. The lowest BCUT2D eigenvalue weighted by molar-refractivity contribution is 0.104. The molecule has 0 spiro atoms. The summed E-state index contributed by atoms with van der Waals surface area (Å²) >= 11 is 6.12. The summed E-state index contributed by atoms with van der Waals surface area (Å²) in [7, 11) is 0. The third-order valence-corrected chi connectivity index (χ3v) is 3.27. The molecule has 0 atom stereocenters. The highest BCUT2D eigenvalue weighted by atomic mass is 35.5. The molecule has 0 aliphatic carbocycles. The number of halogens is 1. The fourth-order valence-electron chi connectivity index (χ4n) is 1.92. The van der Waals surface area contributed by atoms with Gasteiger partial charge in [0.05, 0.1) is 11.3 Å². The second-order valence-electron chi connectivity index (χ2n) is 4.62. The van der Waals surface area contributed by atoms with E-state index in [1.54, 1.807) is 17.0 Å². The van der Waals surface area contributed by atoms with E-state index in [1.165, 1.54) is 6.08 Å². The van der Waals surface area contributed by atoms with E-state index in [0.717, 1.165) is 17.8 Å². The minimum Gasteiger partial charge on any atom is -0.289 e. The van der Waals surface area contributed by atoms with Crippen LogP contribution in [0.2, 0.25) is 0 Å². The molecule has 1 heterocycles. The molecule has 2 rings (SSSR count). The number of allylic oxidation sites excluding steroid dienone is 3. The molecule has 0 bridgehead atoms. The summed E-state index contributed by atoms with van der Waals surface area (Å²) in [5.74, 6) is -0.0909. The molecule has 0 N–H and O–H groups in total. The second kappa shape index (κ2) is 7.04. The van der Waals surface area contributed by atoms with E-state index in [9.17, 15) is 4.79 Å². The monoisotopic (exact) mass is 300 g/mol. The van der Waals surface area contributed by atoms with E-state index in [-0.39, 0.29) is 5.78 Å². The number of hydrogen-bond donors (Lipinski definition) is 0. The molecule has 0 aliphatic rings. The van der Waals surface area contributed by atoms with Crippen molar-refractivity contribution in [3.05, 3.63) is 70.5 Å².